The van der Waals surface area contributed by atoms with E-state index < -0.39 is 0 Å². The summed E-state index contributed by atoms with van der Waals surface area (Å²) in [6.07, 6.45) is 29.6. The summed E-state index contributed by atoms with van der Waals surface area (Å²) in [5.41, 5.74) is 0. The number of carbonyl (C=O) groups is 3. The molecule has 0 N–H and O–H groups in total. The zero-order chi connectivity index (χ0) is 42.8. The van der Waals surface area contributed by atoms with E-state index in [0.717, 1.165) is 102 Å². The Bertz CT molecular complexity index is 929. The van der Waals surface area contributed by atoms with Crippen LogP contribution in [0.4, 0.5) is 0 Å². The van der Waals surface area contributed by atoms with Crippen LogP contribution >= 0.6 is 0 Å². The molecule has 1 rings (SSSR count). The van der Waals surface area contributed by atoms with E-state index in [-0.39, 0.29) is 24.0 Å². The fourth-order valence-corrected chi connectivity index (χ4v) is 8.52. The third-order valence-corrected chi connectivity index (χ3v) is 12.8. The third kappa shape index (κ3) is 32.2. The molecule has 0 amide bonds. The second kappa shape index (κ2) is 36.1. The van der Waals surface area contributed by atoms with Gasteiger partial charge in [0.15, 0.2) is 0 Å². The van der Waals surface area contributed by atoms with Gasteiger partial charge in [-0.3, -0.25) is 14.4 Å². The summed E-state index contributed by atoms with van der Waals surface area (Å²) in [5, 5.41) is 0. The van der Waals surface area contributed by atoms with Crippen LogP contribution in [0.2, 0.25) is 0 Å². The molecule has 1 heterocycles. The highest BCUT2D eigenvalue weighted by Crippen LogP contribution is 2.25. The number of hydrogen-bond donors (Lipinski definition) is 0. The number of esters is 3. The maximum atomic E-state index is 12.8. The van der Waals surface area contributed by atoms with Crippen molar-refractivity contribution in [3.8, 4) is 0 Å². The van der Waals surface area contributed by atoms with Gasteiger partial charge in [0, 0.05) is 19.3 Å². The Labute approximate surface area is 360 Å². The number of likely N-dealkylation sites (tertiary alicyclic amines) is 1. The van der Waals surface area contributed by atoms with Crippen molar-refractivity contribution in [2.45, 2.75) is 241 Å². The molecule has 7 nitrogen and oxygen atoms in total. The molecule has 1 aliphatic rings. The van der Waals surface area contributed by atoms with Crippen LogP contribution < -0.4 is 0 Å². The number of nitrogens with zero attached hydrogens (tertiary/aromatic N) is 1. The molecule has 2 atom stereocenters. The molecule has 1 aliphatic heterocycles. The standard InChI is InChI=1S/C51H97NO6/c1-42(2)31-33-46(44(5)6)35-40-56-49(53)28-21-17-13-9-11-15-19-26-48(58-51(55)30-25-39-52-37-23-24-38-52)27-20-16-12-10-14-18-22-29-50(54)57-41-36-47(45(7)8)34-32-43(3)4/h42-48H,9-41H2,1-8H3. The van der Waals surface area contributed by atoms with Gasteiger partial charge < -0.3 is 19.1 Å². The molecular weight excluding hydrogens is 723 g/mol. The van der Waals surface area contributed by atoms with E-state index >= 15 is 0 Å². The maximum Gasteiger partial charge on any atom is 0.306 e. The van der Waals surface area contributed by atoms with E-state index in [4.69, 9.17) is 14.2 Å². The van der Waals surface area contributed by atoms with Crippen molar-refractivity contribution >= 4 is 17.9 Å². The van der Waals surface area contributed by atoms with Crippen LogP contribution in [0, 0.1) is 35.5 Å². The van der Waals surface area contributed by atoms with Crippen molar-refractivity contribution in [3.63, 3.8) is 0 Å². The zero-order valence-electron chi connectivity index (χ0n) is 39.8. The van der Waals surface area contributed by atoms with E-state index in [0.29, 0.717) is 56.1 Å². The van der Waals surface area contributed by atoms with E-state index in [1.807, 2.05) is 0 Å². The minimum Gasteiger partial charge on any atom is -0.466 e. The molecule has 1 saturated heterocycles. The Morgan fingerprint density at radius 2 is 0.810 bits per heavy atom. The largest absolute Gasteiger partial charge is 0.466 e. The van der Waals surface area contributed by atoms with Gasteiger partial charge in [-0.2, -0.15) is 0 Å². The predicted octanol–water partition coefficient (Wildman–Crippen LogP) is 14.1. The van der Waals surface area contributed by atoms with Gasteiger partial charge in [-0.05, 0) is 139 Å². The first kappa shape index (κ1) is 54.4. The van der Waals surface area contributed by atoms with E-state index in [2.05, 4.69) is 60.3 Å². The van der Waals surface area contributed by atoms with E-state index in [9.17, 15) is 14.4 Å². The van der Waals surface area contributed by atoms with Crippen molar-refractivity contribution in [2.24, 2.45) is 35.5 Å². The second-order valence-corrected chi connectivity index (χ2v) is 19.8. The third-order valence-electron chi connectivity index (χ3n) is 12.8. The number of carbonyl (C=O) groups excluding carboxylic acids is 3. The van der Waals surface area contributed by atoms with Gasteiger partial charge >= 0.3 is 17.9 Å². The molecule has 342 valence electrons. The molecule has 0 saturated carbocycles. The van der Waals surface area contributed by atoms with Gasteiger partial charge in [0.2, 0.25) is 0 Å². The molecule has 0 aromatic heterocycles. The van der Waals surface area contributed by atoms with Crippen LogP contribution in [0.1, 0.15) is 235 Å². The Morgan fingerprint density at radius 1 is 0.431 bits per heavy atom. The van der Waals surface area contributed by atoms with Crippen molar-refractivity contribution in [3.05, 3.63) is 0 Å². The monoisotopic (exact) mass is 820 g/mol. The molecule has 0 aromatic carbocycles. The van der Waals surface area contributed by atoms with Crippen LogP contribution in [0.15, 0.2) is 0 Å². The molecule has 0 bridgehead atoms. The first-order valence-corrected chi connectivity index (χ1v) is 25.1. The highest BCUT2D eigenvalue weighted by atomic mass is 16.5. The van der Waals surface area contributed by atoms with Crippen LogP contribution in [0.5, 0.6) is 0 Å². The lowest BCUT2D eigenvalue weighted by Gasteiger charge is -2.21. The molecule has 7 heteroatoms. The Kier molecular flexibility index (Phi) is 33.8. The first-order chi connectivity index (χ1) is 27.9. The number of hydrogen-bond acceptors (Lipinski definition) is 7. The number of rotatable bonds is 39. The van der Waals surface area contributed by atoms with Crippen LogP contribution in [0.3, 0.4) is 0 Å². The normalized spacial score (nSPS) is 15.1. The molecule has 2 unspecified atom stereocenters. The molecule has 0 spiro atoms. The van der Waals surface area contributed by atoms with E-state index in [1.165, 1.54) is 90.1 Å². The molecule has 0 radical (unpaired) electrons. The summed E-state index contributed by atoms with van der Waals surface area (Å²) in [6.45, 7) is 22.7. The summed E-state index contributed by atoms with van der Waals surface area (Å²) in [5.74, 6) is 3.90. The fraction of sp³-hybridized carbons (Fsp3) is 0.941. The molecule has 0 aliphatic carbocycles. The second-order valence-electron chi connectivity index (χ2n) is 19.8. The molecule has 0 aromatic rings. The van der Waals surface area contributed by atoms with Crippen LogP contribution in [0.25, 0.3) is 0 Å². The average Bonchev–Trinajstić information content (AvgIpc) is 3.69. The van der Waals surface area contributed by atoms with Crippen molar-refractivity contribution in [1.29, 1.82) is 0 Å². The molecular formula is C51H97NO6. The fourth-order valence-electron chi connectivity index (χ4n) is 8.52. The van der Waals surface area contributed by atoms with Gasteiger partial charge in [0.1, 0.15) is 6.10 Å². The van der Waals surface area contributed by atoms with Crippen molar-refractivity contribution in [1.82, 2.24) is 4.90 Å². The van der Waals surface area contributed by atoms with E-state index in [1.54, 1.807) is 0 Å². The highest BCUT2D eigenvalue weighted by Gasteiger charge is 2.18. The van der Waals surface area contributed by atoms with Crippen molar-refractivity contribution < 1.29 is 28.6 Å². The van der Waals surface area contributed by atoms with Crippen LogP contribution in [-0.2, 0) is 28.6 Å². The van der Waals surface area contributed by atoms with Crippen LogP contribution in [-0.4, -0.2) is 61.8 Å². The molecule has 58 heavy (non-hydrogen) atoms. The average molecular weight is 820 g/mol. The summed E-state index contributed by atoms with van der Waals surface area (Å²) in [4.78, 5) is 39.9. The predicted molar refractivity (Wildman–Crippen MR) is 244 cm³/mol. The van der Waals surface area contributed by atoms with Gasteiger partial charge in [0.05, 0.1) is 13.2 Å². The smallest absolute Gasteiger partial charge is 0.306 e. The SMILES string of the molecule is CC(C)CCC(CCOC(=O)CCCCCCCCCC(CCCCCCCCCC(=O)OCCC(CCC(C)C)C(C)C)OC(=O)CCCN1CCCC1)C(C)C. The van der Waals surface area contributed by atoms with Crippen molar-refractivity contribution in [2.75, 3.05) is 32.8 Å². The lowest BCUT2D eigenvalue weighted by molar-refractivity contribution is -0.150. The summed E-state index contributed by atoms with van der Waals surface area (Å²) in [6, 6.07) is 0. The zero-order valence-corrected chi connectivity index (χ0v) is 39.8. The Morgan fingerprint density at radius 3 is 1.21 bits per heavy atom. The quantitative estimate of drug-likeness (QED) is 0.0347. The summed E-state index contributed by atoms with van der Waals surface area (Å²) in [7, 11) is 0. The van der Waals surface area contributed by atoms with Gasteiger partial charge in [-0.25, -0.2) is 0 Å². The topological polar surface area (TPSA) is 82.1 Å². The van der Waals surface area contributed by atoms with Gasteiger partial charge in [-0.1, -0.05) is 132 Å². The minimum atomic E-state index is -0.0322. The van der Waals surface area contributed by atoms with Gasteiger partial charge in [0.25, 0.3) is 0 Å². The summed E-state index contributed by atoms with van der Waals surface area (Å²) >= 11 is 0. The summed E-state index contributed by atoms with van der Waals surface area (Å²) < 4.78 is 17.3. The highest BCUT2D eigenvalue weighted by molar-refractivity contribution is 5.70. The Balaban J connectivity index is 2.22. The minimum absolute atomic E-state index is 0.0158. The maximum absolute atomic E-state index is 12.8. The lowest BCUT2D eigenvalue weighted by Crippen LogP contribution is -2.23. The van der Waals surface area contributed by atoms with Gasteiger partial charge in [-0.15, -0.1) is 0 Å². The first-order valence-electron chi connectivity index (χ1n) is 25.1. The number of unbranched alkanes of at least 4 members (excludes halogenated alkanes) is 12. The Hall–Kier alpha value is -1.63. The molecule has 1 fully saturated rings. The lowest BCUT2D eigenvalue weighted by atomic mass is 9.86. The number of ether oxygens (including phenoxy) is 3.